The van der Waals surface area contributed by atoms with E-state index in [9.17, 15) is 9.18 Å². The van der Waals surface area contributed by atoms with Crippen LogP contribution in [0.5, 0.6) is 5.75 Å². The highest BCUT2D eigenvalue weighted by atomic mass is 35.5. The van der Waals surface area contributed by atoms with Gasteiger partial charge in [0.1, 0.15) is 23.9 Å². The minimum Gasteiger partial charge on any atom is -0.486 e. The van der Waals surface area contributed by atoms with E-state index in [2.05, 4.69) is 36.4 Å². The molecule has 176 valence electrons. The number of nitrogens with one attached hydrogen (secondary N) is 1. The average Bonchev–Trinajstić information content (AvgIpc) is 3.49. The van der Waals surface area contributed by atoms with E-state index in [1.165, 1.54) is 23.9 Å². The summed E-state index contributed by atoms with van der Waals surface area (Å²) >= 11 is 6.07. The monoisotopic (exact) mass is 481 g/mol. The SMILES string of the molecule is CCC(C)c1ccc(OCc2ccc(C(=O)Nc3cnn(Cc4ccc(F)cc4Cl)c3)o2)cc1. The van der Waals surface area contributed by atoms with Crippen molar-refractivity contribution in [2.75, 3.05) is 5.32 Å². The number of aromatic nitrogens is 2. The zero-order valence-corrected chi connectivity index (χ0v) is 19.7. The van der Waals surface area contributed by atoms with Crippen LogP contribution in [0.4, 0.5) is 10.1 Å². The van der Waals surface area contributed by atoms with Gasteiger partial charge in [0, 0.05) is 11.2 Å². The van der Waals surface area contributed by atoms with Crippen LogP contribution in [0.2, 0.25) is 5.02 Å². The van der Waals surface area contributed by atoms with Crippen LogP contribution < -0.4 is 10.1 Å². The van der Waals surface area contributed by atoms with Gasteiger partial charge in [0.2, 0.25) is 0 Å². The van der Waals surface area contributed by atoms with E-state index in [4.69, 9.17) is 20.8 Å². The molecule has 0 aliphatic rings. The summed E-state index contributed by atoms with van der Waals surface area (Å²) in [5.41, 5.74) is 2.49. The number of benzene rings is 2. The summed E-state index contributed by atoms with van der Waals surface area (Å²) in [6.07, 6.45) is 4.26. The van der Waals surface area contributed by atoms with Crippen molar-refractivity contribution in [2.24, 2.45) is 0 Å². The lowest BCUT2D eigenvalue weighted by Crippen LogP contribution is -2.10. The lowest BCUT2D eigenvalue weighted by atomic mass is 9.99. The zero-order valence-electron chi connectivity index (χ0n) is 18.9. The molecule has 1 atom stereocenters. The van der Waals surface area contributed by atoms with Crippen LogP contribution >= 0.6 is 11.6 Å². The summed E-state index contributed by atoms with van der Waals surface area (Å²) in [5, 5.41) is 7.28. The Hall–Kier alpha value is -3.58. The van der Waals surface area contributed by atoms with Gasteiger partial charge in [-0.25, -0.2) is 4.39 Å². The molecule has 4 rings (SSSR count). The lowest BCUT2D eigenvalue weighted by Gasteiger charge is -2.10. The van der Waals surface area contributed by atoms with Crippen molar-refractivity contribution in [3.8, 4) is 5.75 Å². The predicted octanol–water partition coefficient (Wildman–Crippen LogP) is 6.66. The quantitative estimate of drug-likeness (QED) is 0.290. The third-order valence-corrected chi connectivity index (χ3v) is 5.92. The van der Waals surface area contributed by atoms with E-state index in [-0.39, 0.29) is 12.4 Å². The van der Waals surface area contributed by atoms with Crippen LogP contribution in [0.1, 0.15) is 53.6 Å². The maximum Gasteiger partial charge on any atom is 0.291 e. The van der Waals surface area contributed by atoms with Crippen LogP contribution in [-0.4, -0.2) is 15.7 Å². The topological polar surface area (TPSA) is 69.3 Å². The number of hydrogen-bond acceptors (Lipinski definition) is 4. The van der Waals surface area contributed by atoms with Gasteiger partial charge in [-0.05, 0) is 59.9 Å². The number of nitrogens with zero attached hydrogens (tertiary/aromatic N) is 2. The molecule has 0 spiro atoms. The first-order valence-corrected chi connectivity index (χ1v) is 11.4. The second-order valence-corrected chi connectivity index (χ2v) is 8.46. The summed E-state index contributed by atoms with van der Waals surface area (Å²) in [6.45, 7) is 4.91. The number of ether oxygens (including phenoxy) is 1. The molecule has 1 amide bonds. The highest BCUT2D eigenvalue weighted by Crippen LogP contribution is 2.23. The number of halogens is 2. The molecule has 0 bridgehead atoms. The number of rotatable bonds is 9. The molecule has 2 heterocycles. The normalized spacial score (nSPS) is 11.9. The number of anilines is 1. The number of hydrogen-bond donors (Lipinski definition) is 1. The van der Waals surface area contributed by atoms with Crippen LogP contribution in [0.25, 0.3) is 0 Å². The van der Waals surface area contributed by atoms with Crippen LogP contribution in [0, 0.1) is 5.82 Å². The fourth-order valence-corrected chi connectivity index (χ4v) is 3.62. The Kier molecular flexibility index (Phi) is 7.33. The standard InChI is InChI=1S/C26H25ClFN3O3/c1-3-17(2)18-5-8-22(9-6-18)33-16-23-10-11-25(34-23)26(32)30-21-13-29-31(15-21)14-19-4-7-20(28)12-24(19)27/h4-13,15,17H,3,14,16H2,1-2H3,(H,30,32). The Bertz CT molecular complexity index is 1270. The van der Waals surface area contributed by atoms with Gasteiger partial charge >= 0.3 is 0 Å². The van der Waals surface area contributed by atoms with Crippen molar-refractivity contribution >= 4 is 23.2 Å². The molecule has 2 aromatic heterocycles. The highest BCUT2D eigenvalue weighted by Gasteiger charge is 2.14. The minimum atomic E-state index is -0.400. The fraction of sp³-hybridized carbons (Fsp3) is 0.231. The third-order valence-electron chi connectivity index (χ3n) is 5.57. The van der Waals surface area contributed by atoms with Gasteiger partial charge < -0.3 is 14.5 Å². The third kappa shape index (κ3) is 5.85. The van der Waals surface area contributed by atoms with E-state index in [0.717, 1.165) is 12.2 Å². The molecular formula is C26H25ClFN3O3. The predicted molar refractivity (Wildman–Crippen MR) is 129 cm³/mol. The van der Waals surface area contributed by atoms with Gasteiger partial charge in [0.25, 0.3) is 5.91 Å². The molecule has 0 fully saturated rings. The summed E-state index contributed by atoms with van der Waals surface area (Å²) in [7, 11) is 0. The Morgan fingerprint density at radius 2 is 2.00 bits per heavy atom. The smallest absolute Gasteiger partial charge is 0.291 e. The van der Waals surface area contributed by atoms with Gasteiger partial charge in [-0.1, -0.05) is 43.6 Å². The van der Waals surface area contributed by atoms with Crippen molar-refractivity contribution in [3.05, 3.63) is 100 Å². The van der Waals surface area contributed by atoms with Gasteiger partial charge in [0.05, 0.1) is 18.4 Å². The van der Waals surface area contributed by atoms with Crippen LogP contribution in [0.3, 0.4) is 0 Å². The average molecular weight is 482 g/mol. The minimum absolute atomic E-state index is 0.167. The summed E-state index contributed by atoms with van der Waals surface area (Å²) in [5.74, 6) is 1.16. The molecule has 1 unspecified atom stereocenters. The first kappa shape index (κ1) is 23.6. The lowest BCUT2D eigenvalue weighted by molar-refractivity contribution is 0.0992. The molecule has 0 radical (unpaired) electrons. The Balaban J connectivity index is 1.31. The summed E-state index contributed by atoms with van der Waals surface area (Å²) in [4.78, 5) is 12.5. The molecule has 4 aromatic rings. The zero-order chi connectivity index (χ0) is 24.1. The van der Waals surface area contributed by atoms with Gasteiger partial charge in [-0.15, -0.1) is 0 Å². The molecule has 0 saturated carbocycles. The van der Waals surface area contributed by atoms with Crippen molar-refractivity contribution in [1.29, 1.82) is 0 Å². The van der Waals surface area contributed by atoms with Crippen LogP contribution in [-0.2, 0) is 13.2 Å². The van der Waals surface area contributed by atoms with Crippen molar-refractivity contribution in [1.82, 2.24) is 9.78 Å². The number of furan rings is 1. The molecule has 8 heteroatoms. The largest absolute Gasteiger partial charge is 0.486 e. The van der Waals surface area contributed by atoms with Gasteiger partial charge in [-0.2, -0.15) is 5.10 Å². The summed E-state index contributed by atoms with van der Waals surface area (Å²) in [6, 6.07) is 15.5. The molecule has 0 saturated heterocycles. The van der Waals surface area contributed by atoms with Crippen molar-refractivity contribution < 1.29 is 18.3 Å². The molecular weight excluding hydrogens is 457 g/mol. The number of carbonyl (C=O) groups is 1. The molecule has 0 aliphatic carbocycles. The van der Waals surface area contributed by atoms with E-state index in [1.807, 2.05) is 12.1 Å². The van der Waals surface area contributed by atoms with E-state index >= 15 is 0 Å². The van der Waals surface area contributed by atoms with Crippen molar-refractivity contribution in [3.63, 3.8) is 0 Å². The van der Waals surface area contributed by atoms with Gasteiger partial charge in [-0.3, -0.25) is 9.48 Å². The molecule has 2 aromatic carbocycles. The van der Waals surface area contributed by atoms with Gasteiger partial charge in [0.15, 0.2) is 5.76 Å². The van der Waals surface area contributed by atoms with E-state index in [0.29, 0.717) is 34.5 Å². The maximum absolute atomic E-state index is 13.2. The first-order valence-electron chi connectivity index (χ1n) is 11.0. The second-order valence-electron chi connectivity index (χ2n) is 8.05. The molecule has 6 nitrogen and oxygen atoms in total. The van der Waals surface area contributed by atoms with E-state index < -0.39 is 11.7 Å². The molecule has 34 heavy (non-hydrogen) atoms. The Morgan fingerprint density at radius 1 is 1.21 bits per heavy atom. The van der Waals surface area contributed by atoms with E-state index in [1.54, 1.807) is 29.1 Å². The Labute approximate surface area is 202 Å². The summed E-state index contributed by atoms with van der Waals surface area (Å²) < 4.78 is 26.2. The first-order chi connectivity index (χ1) is 16.4. The number of amides is 1. The Morgan fingerprint density at radius 3 is 2.74 bits per heavy atom. The second kappa shape index (κ2) is 10.6. The molecule has 0 aliphatic heterocycles. The number of carbonyl (C=O) groups excluding carboxylic acids is 1. The van der Waals surface area contributed by atoms with Crippen molar-refractivity contribution in [2.45, 2.75) is 39.3 Å². The maximum atomic E-state index is 13.2. The fourth-order valence-electron chi connectivity index (χ4n) is 3.39. The highest BCUT2D eigenvalue weighted by molar-refractivity contribution is 6.31. The van der Waals surface area contributed by atoms with Crippen LogP contribution in [0.15, 0.2) is 71.4 Å². The molecule has 1 N–H and O–H groups in total.